The van der Waals surface area contributed by atoms with Crippen molar-refractivity contribution in [1.29, 1.82) is 0 Å². The molecule has 0 fully saturated rings. The van der Waals surface area contributed by atoms with Gasteiger partial charge in [-0.05, 0) is 0 Å². The SMILES string of the molecule is [In+3].[Mo+4].[O-2].[Zn+2]. The van der Waals surface area contributed by atoms with Crippen LogP contribution in [0.4, 0.5) is 0 Å². The molecule has 0 saturated heterocycles. The Kier molecular flexibility index (Phi) is 170. The zero-order valence-electron chi connectivity index (χ0n) is 2.10. The van der Waals surface area contributed by atoms with Gasteiger partial charge in [-0.15, -0.1) is 0 Å². The summed E-state index contributed by atoms with van der Waals surface area (Å²) in [5, 5.41) is 0. The van der Waals surface area contributed by atoms with E-state index in [1.807, 2.05) is 0 Å². The number of hydrogen-bond donors (Lipinski definition) is 0. The second-order valence-corrected chi connectivity index (χ2v) is 0. The van der Waals surface area contributed by atoms with Gasteiger partial charge >= 0.3 is 66.4 Å². The maximum atomic E-state index is 0. The zero-order chi connectivity index (χ0) is 0. The molecule has 0 radical (unpaired) electrons. The summed E-state index contributed by atoms with van der Waals surface area (Å²) in [4.78, 5) is 0. The van der Waals surface area contributed by atoms with Gasteiger partial charge in [-0.25, -0.2) is 0 Å². The van der Waals surface area contributed by atoms with Gasteiger partial charge in [-0.2, -0.15) is 0 Å². The fourth-order valence-corrected chi connectivity index (χ4v) is 0. The summed E-state index contributed by atoms with van der Waals surface area (Å²) in [5.74, 6) is 0. The molecule has 0 aromatic heterocycles. The molecule has 4 heteroatoms. The fourth-order valence-electron chi connectivity index (χ4n) is 0. The first-order valence-electron chi connectivity index (χ1n) is 0. The van der Waals surface area contributed by atoms with Crippen LogP contribution in [0.3, 0.4) is 0 Å². The standard InChI is InChI=1S/In.Mo.O.Zn/q+3;+4;-2;+2. The minimum atomic E-state index is 0. The van der Waals surface area contributed by atoms with Crippen molar-refractivity contribution in [3.63, 3.8) is 0 Å². The third kappa shape index (κ3) is 8.91. The second kappa shape index (κ2) is 19.2. The Hall–Kier alpha value is 2.14. The third-order valence-corrected chi connectivity index (χ3v) is 0. The van der Waals surface area contributed by atoms with Crippen LogP contribution >= 0.6 is 0 Å². The van der Waals surface area contributed by atoms with E-state index in [4.69, 9.17) is 0 Å². The minimum absolute atomic E-state index is 0. The fraction of sp³-hybridized carbons (Fsp3) is 0. The van der Waals surface area contributed by atoms with E-state index >= 15 is 0 Å². The summed E-state index contributed by atoms with van der Waals surface area (Å²) in [6.07, 6.45) is 0. The van der Waals surface area contributed by atoms with E-state index in [2.05, 4.69) is 0 Å². The van der Waals surface area contributed by atoms with Crippen molar-refractivity contribution in [3.8, 4) is 0 Å². The van der Waals surface area contributed by atoms with Gasteiger partial charge in [-0.3, -0.25) is 0 Å². The molecule has 0 N–H and O–H groups in total. The van der Waals surface area contributed by atoms with Crippen molar-refractivity contribution in [3.05, 3.63) is 0 Å². The van der Waals surface area contributed by atoms with Crippen LogP contribution in [0.5, 0.6) is 0 Å². The van der Waals surface area contributed by atoms with Crippen LogP contribution in [0, 0.1) is 0 Å². The predicted molar refractivity (Wildman–Crippen MR) is 6.44 cm³/mol. The van der Waals surface area contributed by atoms with Crippen molar-refractivity contribution < 1.29 is 46.0 Å². The normalized spacial score (nSPS) is 0. The average molecular weight is 292 g/mol. The predicted octanol–water partition coefficient (Wildman–Crippen LogP) is -0.505. The van der Waals surface area contributed by atoms with Crippen LogP contribution in [-0.2, 0) is 46.0 Å². The summed E-state index contributed by atoms with van der Waals surface area (Å²) in [5.41, 5.74) is 0. The molecule has 0 aromatic carbocycles. The zero-order valence-corrected chi connectivity index (χ0v) is 10.4. The molecule has 10 valence electrons. The van der Waals surface area contributed by atoms with Gasteiger partial charge in [-0.1, -0.05) is 0 Å². The van der Waals surface area contributed by atoms with E-state index < -0.39 is 0 Å². The van der Waals surface area contributed by atoms with E-state index in [1.54, 1.807) is 0 Å². The molecule has 0 bridgehead atoms. The summed E-state index contributed by atoms with van der Waals surface area (Å²) in [7, 11) is 0. The van der Waals surface area contributed by atoms with Crippen LogP contribution in [0.25, 0.3) is 0 Å². The van der Waals surface area contributed by atoms with Crippen molar-refractivity contribution >= 4 is 25.8 Å². The molecule has 0 heterocycles. The molecule has 0 spiro atoms. The van der Waals surface area contributed by atoms with Gasteiger partial charge in [0.15, 0.2) is 0 Å². The molecule has 0 unspecified atom stereocenters. The Labute approximate surface area is 71.0 Å². The molecule has 0 aliphatic heterocycles. The Morgan fingerprint density at radius 3 is 1.00 bits per heavy atom. The van der Waals surface area contributed by atoms with Gasteiger partial charge in [0.05, 0.1) is 0 Å². The van der Waals surface area contributed by atoms with Gasteiger partial charge < -0.3 is 5.48 Å². The van der Waals surface area contributed by atoms with Crippen LogP contribution < -0.4 is 0 Å². The molecule has 0 aliphatic carbocycles. The van der Waals surface area contributed by atoms with Gasteiger partial charge in [0, 0.05) is 0 Å². The first-order valence-corrected chi connectivity index (χ1v) is 0. The van der Waals surface area contributed by atoms with E-state index in [1.165, 1.54) is 0 Å². The minimum Gasteiger partial charge on any atom is -2.00 e. The summed E-state index contributed by atoms with van der Waals surface area (Å²) in [6.45, 7) is 0. The second-order valence-electron chi connectivity index (χ2n) is 0. The molecule has 0 aliphatic rings. The number of rotatable bonds is 0. The maximum Gasteiger partial charge on any atom is 4.00 e. The van der Waals surface area contributed by atoms with Crippen molar-refractivity contribution in [1.82, 2.24) is 0 Å². The Bertz CT molecular complexity index is 8.00. The Morgan fingerprint density at radius 2 is 1.00 bits per heavy atom. The molecular weight excluding hydrogens is 292 g/mol. The summed E-state index contributed by atoms with van der Waals surface area (Å²) in [6, 6.07) is 0. The number of hydrogen-bond acceptors (Lipinski definition) is 0. The molecule has 1 nitrogen and oxygen atoms in total. The van der Waals surface area contributed by atoms with Gasteiger partial charge in [0.2, 0.25) is 0 Å². The molecule has 0 amide bonds. The van der Waals surface area contributed by atoms with Crippen LogP contribution in [0.2, 0.25) is 0 Å². The molecule has 0 aromatic rings. The average Bonchev–Trinajstić information content (AvgIpc) is 0. The van der Waals surface area contributed by atoms with Crippen molar-refractivity contribution in [2.24, 2.45) is 0 Å². The first-order chi connectivity index (χ1) is 0. The van der Waals surface area contributed by atoms with Crippen LogP contribution in [0.1, 0.15) is 0 Å². The van der Waals surface area contributed by atoms with Crippen LogP contribution in [-0.4, -0.2) is 25.8 Å². The molecule has 4 heavy (non-hydrogen) atoms. The maximum absolute atomic E-state index is 0. The van der Waals surface area contributed by atoms with Gasteiger partial charge in [0.1, 0.15) is 0 Å². The van der Waals surface area contributed by atoms with Crippen molar-refractivity contribution in [2.45, 2.75) is 0 Å². The first kappa shape index (κ1) is 35.4. The summed E-state index contributed by atoms with van der Waals surface area (Å²) >= 11 is 0. The topological polar surface area (TPSA) is 28.5 Å². The summed E-state index contributed by atoms with van der Waals surface area (Å²) < 4.78 is 0. The Morgan fingerprint density at radius 1 is 1.00 bits per heavy atom. The smallest absolute Gasteiger partial charge is 2.00 e. The van der Waals surface area contributed by atoms with Crippen molar-refractivity contribution in [2.75, 3.05) is 0 Å². The Balaban J connectivity index is 0. The molecule has 0 saturated carbocycles. The van der Waals surface area contributed by atoms with E-state index in [-0.39, 0.29) is 71.9 Å². The quantitative estimate of drug-likeness (QED) is 0.538. The molecular formula is InMoOZn+7. The van der Waals surface area contributed by atoms with E-state index in [0.29, 0.717) is 0 Å². The largest absolute Gasteiger partial charge is 4.00 e. The van der Waals surface area contributed by atoms with E-state index in [0.717, 1.165) is 0 Å². The van der Waals surface area contributed by atoms with E-state index in [9.17, 15) is 0 Å². The monoisotopic (exact) mass is 293 g/mol. The molecule has 0 rings (SSSR count). The molecule has 0 atom stereocenters. The van der Waals surface area contributed by atoms with Crippen LogP contribution in [0.15, 0.2) is 0 Å². The van der Waals surface area contributed by atoms with Gasteiger partial charge in [0.25, 0.3) is 0 Å². The third-order valence-electron chi connectivity index (χ3n) is 0.